The molecular formula is C13H15ClF3NO. The average molecular weight is 294 g/mol. The number of benzene rings is 1. The van der Waals surface area contributed by atoms with Gasteiger partial charge in [0.2, 0.25) is 0 Å². The van der Waals surface area contributed by atoms with Crippen LogP contribution in [0.1, 0.15) is 24.0 Å². The van der Waals surface area contributed by atoms with Crippen molar-refractivity contribution >= 4 is 12.4 Å². The molecule has 0 aromatic heterocycles. The van der Waals surface area contributed by atoms with Crippen molar-refractivity contribution in [2.45, 2.75) is 31.0 Å². The molecule has 1 aromatic carbocycles. The molecule has 2 aliphatic heterocycles. The molecule has 0 atom stereocenters. The van der Waals surface area contributed by atoms with E-state index in [9.17, 15) is 13.2 Å². The van der Waals surface area contributed by atoms with Crippen molar-refractivity contribution in [1.82, 2.24) is 5.32 Å². The fourth-order valence-electron chi connectivity index (χ4n) is 2.77. The standard InChI is InChI=1S/C13H14F3NO.ClH/c14-13(15,16)10-1-2-11-9(7-10)8-12(18-11)3-5-17-6-4-12;/h1-2,7,17H,3-6,8H2;1H. The largest absolute Gasteiger partial charge is 0.487 e. The van der Waals surface area contributed by atoms with Crippen LogP contribution in [0.5, 0.6) is 5.75 Å². The number of rotatable bonds is 0. The quantitative estimate of drug-likeness (QED) is 0.793. The highest BCUT2D eigenvalue weighted by molar-refractivity contribution is 5.85. The van der Waals surface area contributed by atoms with Crippen molar-refractivity contribution < 1.29 is 17.9 Å². The third-order valence-electron chi connectivity index (χ3n) is 3.74. The summed E-state index contributed by atoms with van der Waals surface area (Å²) in [4.78, 5) is 0. The summed E-state index contributed by atoms with van der Waals surface area (Å²) >= 11 is 0. The van der Waals surface area contributed by atoms with Gasteiger partial charge in [0.15, 0.2) is 0 Å². The van der Waals surface area contributed by atoms with E-state index in [-0.39, 0.29) is 18.0 Å². The van der Waals surface area contributed by atoms with Gasteiger partial charge in [0.1, 0.15) is 11.4 Å². The summed E-state index contributed by atoms with van der Waals surface area (Å²) in [5.41, 5.74) is -0.180. The van der Waals surface area contributed by atoms with Gasteiger partial charge in [-0.1, -0.05) is 0 Å². The molecule has 1 saturated heterocycles. The summed E-state index contributed by atoms with van der Waals surface area (Å²) in [6, 6.07) is 3.78. The molecule has 2 nitrogen and oxygen atoms in total. The SMILES string of the molecule is Cl.FC(F)(F)c1ccc2c(c1)CC1(CCNCC1)O2. The Labute approximate surface area is 115 Å². The van der Waals surface area contributed by atoms with Crippen LogP contribution in [-0.4, -0.2) is 18.7 Å². The average Bonchev–Trinajstić information content (AvgIpc) is 2.65. The van der Waals surface area contributed by atoms with E-state index < -0.39 is 11.7 Å². The Morgan fingerprint density at radius 3 is 2.47 bits per heavy atom. The maximum atomic E-state index is 12.6. The third kappa shape index (κ3) is 2.67. The Balaban J connectivity index is 0.00000133. The number of piperidine rings is 1. The Bertz CT molecular complexity index is 469. The van der Waals surface area contributed by atoms with E-state index in [1.165, 1.54) is 12.1 Å². The fraction of sp³-hybridized carbons (Fsp3) is 0.538. The van der Waals surface area contributed by atoms with Crippen molar-refractivity contribution in [2.24, 2.45) is 0 Å². The second-order valence-corrected chi connectivity index (χ2v) is 5.03. The number of halogens is 4. The zero-order valence-electron chi connectivity index (χ0n) is 10.2. The molecule has 0 aliphatic carbocycles. The Morgan fingerprint density at radius 2 is 1.84 bits per heavy atom. The van der Waals surface area contributed by atoms with Crippen molar-refractivity contribution in [3.63, 3.8) is 0 Å². The molecule has 0 amide bonds. The zero-order chi connectivity index (χ0) is 12.8. The molecule has 2 heterocycles. The normalized spacial score (nSPS) is 20.6. The highest BCUT2D eigenvalue weighted by atomic mass is 35.5. The van der Waals surface area contributed by atoms with E-state index in [0.29, 0.717) is 17.7 Å². The van der Waals surface area contributed by atoms with E-state index in [2.05, 4.69) is 5.32 Å². The molecule has 0 saturated carbocycles. The van der Waals surface area contributed by atoms with E-state index in [1.54, 1.807) is 0 Å². The Kier molecular flexibility index (Phi) is 3.71. The maximum Gasteiger partial charge on any atom is 0.416 e. The number of alkyl halides is 3. The summed E-state index contributed by atoms with van der Waals surface area (Å²) in [5.74, 6) is 0.616. The highest BCUT2D eigenvalue weighted by Crippen LogP contribution is 2.42. The topological polar surface area (TPSA) is 21.3 Å². The van der Waals surface area contributed by atoms with Crippen LogP contribution in [0, 0.1) is 0 Å². The van der Waals surface area contributed by atoms with Gasteiger partial charge < -0.3 is 10.1 Å². The zero-order valence-corrected chi connectivity index (χ0v) is 11.0. The lowest BCUT2D eigenvalue weighted by Gasteiger charge is -2.33. The van der Waals surface area contributed by atoms with Crippen molar-refractivity contribution in [3.8, 4) is 5.75 Å². The third-order valence-corrected chi connectivity index (χ3v) is 3.74. The van der Waals surface area contributed by atoms with E-state index in [1.807, 2.05) is 0 Å². The van der Waals surface area contributed by atoms with Crippen LogP contribution in [0.4, 0.5) is 13.2 Å². The van der Waals surface area contributed by atoms with Crippen molar-refractivity contribution in [1.29, 1.82) is 0 Å². The molecule has 1 fully saturated rings. The second kappa shape index (κ2) is 4.87. The van der Waals surface area contributed by atoms with Crippen LogP contribution >= 0.6 is 12.4 Å². The van der Waals surface area contributed by atoms with Gasteiger partial charge in [-0.25, -0.2) is 0 Å². The maximum absolute atomic E-state index is 12.6. The van der Waals surface area contributed by atoms with E-state index in [0.717, 1.165) is 32.0 Å². The lowest BCUT2D eigenvalue weighted by molar-refractivity contribution is -0.137. The molecule has 1 aromatic rings. The Morgan fingerprint density at radius 1 is 1.16 bits per heavy atom. The predicted molar refractivity (Wildman–Crippen MR) is 67.9 cm³/mol. The number of hydrogen-bond acceptors (Lipinski definition) is 2. The highest BCUT2D eigenvalue weighted by Gasteiger charge is 2.41. The minimum Gasteiger partial charge on any atom is -0.487 e. The smallest absolute Gasteiger partial charge is 0.416 e. The number of fused-ring (bicyclic) bond motifs is 1. The molecule has 3 rings (SSSR count). The molecular weight excluding hydrogens is 279 g/mol. The molecule has 1 spiro atoms. The van der Waals surface area contributed by atoms with Gasteiger partial charge in [-0.3, -0.25) is 0 Å². The first-order valence-electron chi connectivity index (χ1n) is 6.08. The minimum atomic E-state index is -4.28. The first-order valence-corrected chi connectivity index (χ1v) is 6.08. The first-order chi connectivity index (χ1) is 8.49. The lowest BCUT2D eigenvalue weighted by atomic mass is 9.87. The summed E-state index contributed by atoms with van der Waals surface area (Å²) < 4.78 is 43.8. The molecule has 106 valence electrons. The van der Waals surface area contributed by atoms with Crippen molar-refractivity contribution in [3.05, 3.63) is 29.3 Å². The van der Waals surface area contributed by atoms with Gasteiger partial charge in [-0.05, 0) is 49.7 Å². The van der Waals surface area contributed by atoms with Crippen LogP contribution in [0.25, 0.3) is 0 Å². The number of nitrogens with one attached hydrogen (secondary N) is 1. The van der Waals surface area contributed by atoms with Crippen LogP contribution in [0.15, 0.2) is 18.2 Å². The number of ether oxygens (including phenoxy) is 1. The van der Waals surface area contributed by atoms with Gasteiger partial charge in [-0.2, -0.15) is 13.2 Å². The second-order valence-electron chi connectivity index (χ2n) is 5.03. The predicted octanol–water partition coefficient (Wildman–Crippen LogP) is 3.18. The van der Waals surface area contributed by atoms with Gasteiger partial charge in [0.25, 0.3) is 0 Å². The van der Waals surface area contributed by atoms with Crippen LogP contribution in [0.2, 0.25) is 0 Å². The van der Waals surface area contributed by atoms with Gasteiger partial charge >= 0.3 is 6.18 Å². The lowest BCUT2D eigenvalue weighted by Crippen LogP contribution is -2.45. The minimum absolute atomic E-state index is 0. The van der Waals surface area contributed by atoms with E-state index >= 15 is 0 Å². The molecule has 0 unspecified atom stereocenters. The summed E-state index contributed by atoms with van der Waals surface area (Å²) in [6.45, 7) is 1.72. The van der Waals surface area contributed by atoms with Gasteiger partial charge in [-0.15, -0.1) is 12.4 Å². The van der Waals surface area contributed by atoms with Crippen LogP contribution in [-0.2, 0) is 12.6 Å². The summed E-state index contributed by atoms with van der Waals surface area (Å²) in [5, 5.41) is 3.24. The summed E-state index contributed by atoms with van der Waals surface area (Å²) in [7, 11) is 0. The fourth-order valence-corrected chi connectivity index (χ4v) is 2.77. The molecule has 0 radical (unpaired) electrons. The van der Waals surface area contributed by atoms with Gasteiger partial charge in [0.05, 0.1) is 5.56 Å². The molecule has 6 heteroatoms. The number of hydrogen-bond donors (Lipinski definition) is 1. The van der Waals surface area contributed by atoms with Crippen LogP contribution < -0.4 is 10.1 Å². The first kappa shape index (κ1) is 14.5. The van der Waals surface area contributed by atoms with Crippen molar-refractivity contribution in [2.75, 3.05) is 13.1 Å². The Hall–Kier alpha value is -0.940. The van der Waals surface area contributed by atoms with Gasteiger partial charge in [0, 0.05) is 6.42 Å². The molecule has 1 N–H and O–H groups in total. The van der Waals surface area contributed by atoms with E-state index in [4.69, 9.17) is 4.74 Å². The monoisotopic (exact) mass is 293 g/mol. The molecule has 19 heavy (non-hydrogen) atoms. The van der Waals surface area contributed by atoms with Crippen LogP contribution in [0.3, 0.4) is 0 Å². The summed E-state index contributed by atoms with van der Waals surface area (Å²) in [6.07, 6.45) is -1.99. The molecule has 2 aliphatic rings. The molecule has 0 bridgehead atoms.